The molecule has 2 aromatic heterocycles. The number of carboxylic acid groups (broad SMARTS) is 1. The monoisotopic (exact) mass is 868 g/mol. The molecule has 62 heavy (non-hydrogen) atoms. The Morgan fingerprint density at radius 3 is 1.90 bits per heavy atom. The first-order chi connectivity index (χ1) is 30.1. The highest BCUT2D eigenvalue weighted by molar-refractivity contribution is 5.97. The predicted molar refractivity (Wildman–Crippen MR) is 229 cm³/mol. The number of aromatic amines is 1. The number of hydrogen-bond donors (Lipinski definition) is 8. The maximum atomic E-state index is 12.8. The molecule has 1 atom stereocenters. The number of rotatable bonds is 33. The maximum absolute atomic E-state index is 12.8. The Kier molecular flexibility index (Phi) is 21.2. The molecule has 2 aromatic carbocycles. The molecule has 4 rings (SSSR count). The smallest absolute Gasteiger partial charge is 0.326 e. The van der Waals surface area contributed by atoms with Crippen LogP contribution in [0.3, 0.4) is 0 Å². The highest BCUT2D eigenvalue weighted by Crippen LogP contribution is 2.15. The van der Waals surface area contributed by atoms with E-state index in [4.69, 9.17) is 29.4 Å². The Balaban J connectivity index is 0.965. The van der Waals surface area contributed by atoms with Crippen LogP contribution in [0.1, 0.15) is 55.1 Å². The normalized spacial score (nSPS) is 11.7. The maximum Gasteiger partial charge on any atom is 0.326 e. The number of nitrogens with two attached hydrogens (primary N) is 1. The number of aromatic nitrogens is 4. The molecule has 0 fully saturated rings. The lowest BCUT2D eigenvalue weighted by Gasteiger charge is -2.15. The number of H-pyrrole nitrogens is 1. The molecule has 2 heterocycles. The number of fused-ring (bicyclic) bond motifs is 1. The summed E-state index contributed by atoms with van der Waals surface area (Å²) in [6.07, 6.45) is 3.10. The molecule has 9 N–H and O–H groups in total. The van der Waals surface area contributed by atoms with Crippen molar-refractivity contribution in [2.45, 2.75) is 51.6 Å². The van der Waals surface area contributed by atoms with E-state index in [0.29, 0.717) is 128 Å². The molecule has 0 bridgehead atoms. The fraction of sp³-hybridized carbons (Fsp3) is 0.525. The molecule has 0 aliphatic heterocycles. The number of amides is 2. The van der Waals surface area contributed by atoms with E-state index in [1.807, 2.05) is 6.92 Å². The average Bonchev–Trinajstić information content (AvgIpc) is 3.26. The molecule has 338 valence electrons. The number of ether oxygens (including phenoxy) is 5. The molecule has 4 aromatic rings. The number of nitrogens with zero attached hydrogens (tertiary/aromatic N) is 3. The molecule has 0 unspecified atom stereocenters. The molecular weight excluding hydrogens is 812 g/mol. The summed E-state index contributed by atoms with van der Waals surface area (Å²) in [4.78, 5) is 87.6. The summed E-state index contributed by atoms with van der Waals surface area (Å²) in [6.45, 7) is 8.00. The number of carbonyl (C=O) groups excluding carboxylic acids is 2. The highest BCUT2D eigenvalue weighted by Gasteiger charge is 2.22. The first-order valence-corrected chi connectivity index (χ1v) is 20.4. The van der Waals surface area contributed by atoms with E-state index in [1.54, 1.807) is 12.1 Å². The Labute approximate surface area is 356 Å². The second-order valence-corrected chi connectivity index (χ2v) is 13.6. The van der Waals surface area contributed by atoms with Gasteiger partial charge < -0.3 is 61.1 Å². The van der Waals surface area contributed by atoms with Crippen LogP contribution < -0.4 is 48.7 Å². The number of nitrogens with one attached hydrogen (secondary N) is 6. The van der Waals surface area contributed by atoms with Crippen molar-refractivity contribution in [3.05, 3.63) is 72.5 Å². The SMILES string of the molecule is CCOCCOCCCNc1c(NCCCOCCOCCOCCCNC(=O)CC[C@H](NC(=O)c2ccc(NCc3cnc4nc(N)[nH]c(=O)c4n3)cc2)C(=O)O)c(=O)c1=O. The molecule has 22 heteroatoms. The second-order valence-electron chi connectivity index (χ2n) is 13.6. The lowest BCUT2D eigenvalue weighted by molar-refractivity contribution is -0.139. The van der Waals surface area contributed by atoms with Crippen molar-refractivity contribution in [2.75, 3.05) is 107 Å². The standard InChI is InChI=1S/C40H56N10O12/c1-2-58-18-19-59-16-4-13-43-31-32(35(53)34(31)52)44-14-5-17-61-21-23-62-22-20-60-15-3-12-42-30(51)11-10-29(39(56)57)48-37(54)26-6-8-27(9-7-26)45-24-28-25-46-36-33(47-28)38(55)50-40(41)49-36/h6-9,25,29,43-45H,2-5,10-24H2,1H3,(H,42,51)(H,48,54)(H,56,57)(H3,41,46,49,50,55)/t29-/m0/s1. The van der Waals surface area contributed by atoms with Gasteiger partial charge in [-0.3, -0.25) is 29.0 Å². The van der Waals surface area contributed by atoms with Crippen LogP contribution in [0.2, 0.25) is 0 Å². The van der Waals surface area contributed by atoms with Crippen LogP contribution in [-0.4, -0.2) is 135 Å². The summed E-state index contributed by atoms with van der Waals surface area (Å²) in [5, 5.41) is 24.0. The molecule has 0 aliphatic carbocycles. The van der Waals surface area contributed by atoms with Crippen molar-refractivity contribution in [1.82, 2.24) is 30.6 Å². The number of aliphatic carboxylic acids is 1. The highest BCUT2D eigenvalue weighted by atomic mass is 16.5. The Hall–Kier alpha value is -6.07. The largest absolute Gasteiger partial charge is 0.480 e. The lowest BCUT2D eigenvalue weighted by Crippen LogP contribution is -2.41. The zero-order chi connectivity index (χ0) is 44.5. The van der Waals surface area contributed by atoms with Crippen molar-refractivity contribution in [3.8, 4) is 0 Å². The summed E-state index contributed by atoms with van der Waals surface area (Å²) in [5.41, 5.74) is 6.10. The van der Waals surface area contributed by atoms with Crippen LogP contribution in [-0.2, 0) is 39.8 Å². The van der Waals surface area contributed by atoms with E-state index in [0.717, 1.165) is 0 Å². The minimum Gasteiger partial charge on any atom is -0.480 e. The van der Waals surface area contributed by atoms with Gasteiger partial charge in [0, 0.05) is 63.7 Å². The number of anilines is 4. The van der Waals surface area contributed by atoms with Crippen LogP contribution in [0.15, 0.2) is 44.8 Å². The van der Waals surface area contributed by atoms with E-state index in [1.165, 1.54) is 18.3 Å². The zero-order valence-electron chi connectivity index (χ0n) is 34.8. The topological polar surface area (TPSA) is 309 Å². The molecule has 0 spiro atoms. The number of carboxylic acids is 1. The van der Waals surface area contributed by atoms with Gasteiger partial charge in [0.15, 0.2) is 11.2 Å². The van der Waals surface area contributed by atoms with Crippen LogP contribution in [0.25, 0.3) is 11.2 Å². The van der Waals surface area contributed by atoms with Crippen LogP contribution in [0.4, 0.5) is 23.0 Å². The van der Waals surface area contributed by atoms with E-state index in [-0.39, 0.29) is 48.0 Å². The Bertz CT molecular complexity index is 2140. The van der Waals surface area contributed by atoms with E-state index < -0.39 is 34.3 Å². The van der Waals surface area contributed by atoms with Crippen molar-refractivity contribution in [1.29, 1.82) is 0 Å². The molecule has 0 radical (unpaired) electrons. The van der Waals surface area contributed by atoms with Gasteiger partial charge in [0.2, 0.25) is 11.9 Å². The summed E-state index contributed by atoms with van der Waals surface area (Å²) >= 11 is 0. The van der Waals surface area contributed by atoms with Gasteiger partial charge in [-0.1, -0.05) is 0 Å². The summed E-state index contributed by atoms with van der Waals surface area (Å²) in [7, 11) is 0. The molecule has 0 aliphatic rings. The van der Waals surface area contributed by atoms with Gasteiger partial charge in [-0.15, -0.1) is 0 Å². The van der Waals surface area contributed by atoms with Gasteiger partial charge in [0.05, 0.1) is 58.1 Å². The summed E-state index contributed by atoms with van der Waals surface area (Å²) < 4.78 is 27.2. The fourth-order valence-corrected chi connectivity index (χ4v) is 5.66. The number of hydrogen-bond acceptors (Lipinski definition) is 18. The average molecular weight is 869 g/mol. The van der Waals surface area contributed by atoms with Crippen molar-refractivity contribution in [2.24, 2.45) is 0 Å². The van der Waals surface area contributed by atoms with Gasteiger partial charge in [0.1, 0.15) is 17.4 Å². The number of carbonyl (C=O) groups is 3. The number of nitrogen functional groups attached to an aromatic ring is 1. The minimum atomic E-state index is -1.28. The second kappa shape index (κ2) is 27.0. The first kappa shape index (κ1) is 48.6. The van der Waals surface area contributed by atoms with E-state index >= 15 is 0 Å². The minimum absolute atomic E-state index is 0.0501. The van der Waals surface area contributed by atoms with Crippen molar-refractivity contribution >= 4 is 52.0 Å². The van der Waals surface area contributed by atoms with E-state index in [9.17, 15) is 33.9 Å². The molecular formula is C40H56N10O12. The molecule has 0 saturated heterocycles. The number of benzene rings is 1. The molecule has 2 amide bonds. The third-order valence-corrected chi connectivity index (χ3v) is 8.92. The Morgan fingerprint density at radius 1 is 0.758 bits per heavy atom. The van der Waals surface area contributed by atoms with Crippen molar-refractivity contribution < 1.29 is 43.2 Å². The van der Waals surface area contributed by atoms with Crippen LogP contribution in [0.5, 0.6) is 0 Å². The van der Waals surface area contributed by atoms with Gasteiger partial charge in [0.25, 0.3) is 22.3 Å². The third kappa shape index (κ3) is 16.8. The van der Waals surface area contributed by atoms with Gasteiger partial charge >= 0.3 is 5.97 Å². The van der Waals surface area contributed by atoms with Gasteiger partial charge in [-0.05, 0) is 56.9 Å². The Morgan fingerprint density at radius 2 is 1.32 bits per heavy atom. The third-order valence-electron chi connectivity index (χ3n) is 8.92. The zero-order valence-corrected chi connectivity index (χ0v) is 34.8. The van der Waals surface area contributed by atoms with Crippen LogP contribution >= 0.6 is 0 Å². The lowest BCUT2D eigenvalue weighted by atomic mass is 10.1. The van der Waals surface area contributed by atoms with Crippen LogP contribution in [0, 0.1) is 0 Å². The molecule has 22 nitrogen and oxygen atoms in total. The summed E-state index contributed by atoms with van der Waals surface area (Å²) in [5.74, 6) is -2.29. The van der Waals surface area contributed by atoms with Crippen molar-refractivity contribution in [3.63, 3.8) is 0 Å². The molecule has 0 saturated carbocycles. The first-order valence-electron chi connectivity index (χ1n) is 20.4. The van der Waals surface area contributed by atoms with Gasteiger partial charge in [-0.2, -0.15) is 4.98 Å². The van der Waals surface area contributed by atoms with E-state index in [2.05, 4.69) is 46.5 Å². The fourth-order valence-electron chi connectivity index (χ4n) is 5.66. The predicted octanol–water partition coefficient (Wildman–Crippen LogP) is 0.380. The van der Waals surface area contributed by atoms with Gasteiger partial charge in [-0.25, -0.2) is 14.8 Å². The summed E-state index contributed by atoms with van der Waals surface area (Å²) in [6, 6.07) is 5.02. The quantitative estimate of drug-likeness (QED) is 0.0237.